The maximum absolute atomic E-state index is 12.8. The molecule has 0 bridgehead atoms. The molecule has 160 valence electrons. The predicted molar refractivity (Wildman–Crippen MR) is 104 cm³/mol. The van der Waals surface area contributed by atoms with Crippen LogP contribution in [0, 0.1) is 11.3 Å². The van der Waals surface area contributed by atoms with Crippen molar-refractivity contribution in [3.8, 4) is 5.75 Å². The molecule has 8 heteroatoms. The summed E-state index contributed by atoms with van der Waals surface area (Å²) in [5.74, 6) is -0.112. The number of hydrogen-bond acceptors (Lipinski definition) is 4. The molecule has 2 aromatic rings. The van der Waals surface area contributed by atoms with Gasteiger partial charge in [0.05, 0.1) is 6.61 Å². The van der Waals surface area contributed by atoms with Crippen LogP contribution in [0.1, 0.15) is 15.9 Å². The summed E-state index contributed by atoms with van der Waals surface area (Å²) in [7, 11) is 0. The number of aliphatic hydroxyl groups is 1. The quantitative estimate of drug-likeness (QED) is 0.808. The molecule has 0 saturated carbocycles. The molecule has 4 rings (SSSR count). The SMILES string of the molecule is O=C(c1ccccc1)N1C[C@@H]2CN(Cc3ccc(OC(F)(F)F)cc3)C[C@]2(CO)C1. The lowest BCUT2D eigenvalue weighted by Crippen LogP contribution is -2.38. The number of likely N-dealkylation sites (tertiary alicyclic amines) is 2. The van der Waals surface area contributed by atoms with Gasteiger partial charge < -0.3 is 14.7 Å². The first-order chi connectivity index (χ1) is 14.3. The van der Waals surface area contributed by atoms with E-state index in [0.717, 1.165) is 12.1 Å². The fraction of sp³-hybridized carbons (Fsp3) is 0.409. The molecule has 5 nitrogen and oxygen atoms in total. The molecule has 2 heterocycles. The highest BCUT2D eigenvalue weighted by atomic mass is 19.4. The number of hydrogen-bond donors (Lipinski definition) is 1. The highest BCUT2D eigenvalue weighted by Crippen LogP contribution is 2.43. The highest BCUT2D eigenvalue weighted by Gasteiger charge is 2.53. The molecule has 2 aromatic carbocycles. The molecule has 2 atom stereocenters. The van der Waals surface area contributed by atoms with Crippen LogP contribution in [-0.4, -0.2) is 60.0 Å². The summed E-state index contributed by atoms with van der Waals surface area (Å²) in [5.41, 5.74) is 1.14. The van der Waals surface area contributed by atoms with Crippen molar-refractivity contribution in [3.05, 3.63) is 65.7 Å². The molecule has 2 aliphatic rings. The Bertz CT molecular complexity index is 889. The normalized spacial score (nSPS) is 24.1. The third-order valence-corrected chi connectivity index (χ3v) is 6.02. The fourth-order valence-corrected chi connectivity index (χ4v) is 4.61. The van der Waals surface area contributed by atoms with Gasteiger partial charge in [0.2, 0.25) is 0 Å². The average Bonchev–Trinajstić information content (AvgIpc) is 3.22. The third-order valence-electron chi connectivity index (χ3n) is 6.02. The molecule has 2 fully saturated rings. The van der Waals surface area contributed by atoms with Gasteiger partial charge in [-0.1, -0.05) is 30.3 Å². The molecule has 0 radical (unpaired) electrons. The first-order valence-electron chi connectivity index (χ1n) is 9.80. The van der Waals surface area contributed by atoms with Gasteiger partial charge in [-0.3, -0.25) is 9.69 Å². The second kappa shape index (κ2) is 7.92. The van der Waals surface area contributed by atoms with Gasteiger partial charge in [-0.2, -0.15) is 0 Å². The summed E-state index contributed by atoms with van der Waals surface area (Å²) in [5, 5.41) is 10.1. The van der Waals surface area contributed by atoms with Crippen LogP contribution in [0.15, 0.2) is 54.6 Å². The Balaban J connectivity index is 1.38. The van der Waals surface area contributed by atoms with Crippen molar-refractivity contribution in [2.75, 3.05) is 32.8 Å². The molecule has 30 heavy (non-hydrogen) atoms. The number of alkyl halides is 3. The topological polar surface area (TPSA) is 53.0 Å². The van der Waals surface area contributed by atoms with Crippen molar-refractivity contribution in [2.45, 2.75) is 12.9 Å². The third kappa shape index (κ3) is 4.29. The summed E-state index contributed by atoms with van der Waals surface area (Å²) >= 11 is 0. The van der Waals surface area contributed by atoms with E-state index in [1.165, 1.54) is 12.1 Å². The molecule has 0 unspecified atom stereocenters. The Kier molecular flexibility index (Phi) is 5.46. The minimum absolute atomic E-state index is 0.00883. The van der Waals surface area contributed by atoms with Gasteiger partial charge in [0, 0.05) is 43.7 Å². The van der Waals surface area contributed by atoms with Crippen LogP contribution in [0.5, 0.6) is 5.75 Å². The van der Waals surface area contributed by atoms with Crippen LogP contribution >= 0.6 is 0 Å². The van der Waals surface area contributed by atoms with Gasteiger partial charge in [-0.25, -0.2) is 0 Å². The maximum Gasteiger partial charge on any atom is 0.573 e. The number of aliphatic hydroxyl groups excluding tert-OH is 1. The molecular formula is C22H23F3N2O3. The Hall–Kier alpha value is -2.58. The standard InChI is InChI=1S/C22H23F3N2O3/c23-22(24,25)30-19-8-6-16(7-9-19)10-26-11-18-12-27(14-21(18,13-26)15-28)20(29)17-4-2-1-3-5-17/h1-9,18,28H,10-15H2/t18-,21+/m0/s1. The molecule has 2 aliphatic heterocycles. The summed E-state index contributed by atoms with van der Waals surface area (Å²) < 4.78 is 40.8. The van der Waals surface area contributed by atoms with Crippen molar-refractivity contribution in [1.29, 1.82) is 0 Å². The van der Waals surface area contributed by atoms with Crippen LogP contribution in [-0.2, 0) is 6.54 Å². The second-order valence-electron chi connectivity index (χ2n) is 8.13. The smallest absolute Gasteiger partial charge is 0.406 e. The van der Waals surface area contributed by atoms with E-state index in [1.807, 2.05) is 23.1 Å². The number of amides is 1. The number of halogens is 3. The number of benzene rings is 2. The summed E-state index contributed by atoms with van der Waals surface area (Å²) in [6.07, 6.45) is -4.70. The fourth-order valence-electron chi connectivity index (χ4n) is 4.61. The Labute approximate surface area is 172 Å². The van der Waals surface area contributed by atoms with Gasteiger partial charge in [-0.15, -0.1) is 13.2 Å². The van der Waals surface area contributed by atoms with Crippen molar-refractivity contribution < 1.29 is 27.8 Å². The van der Waals surface area contributed by atoms with Crippen LogP contribution in [0.2, 0.25) is 0 Å². The summed E-state index contributed by atoms with van der Waals surface area (Å²) in [6.45, 7) is 3.00. The van der Waals surface area contributed by atoms with Gasteiger partial charge in [0.1, 0.15) is 5.75 Å². The molecule has 1 amide bonds. The van der Waals surface area contributed by atoms with Crippen molar-refractivity contribution >= 4 is 5.91 Å². The van der Waals surface area contributed by atoms with E-state index < -0.39 is 6.36 Å². The van der Waals surface area contributed by atoms with E-state index >= 15 is 0 Å². The number of fused-ring (bicyclic) bond motifs is 1. The zero-order chi connectivity index (χ0) is 21.4. The zero-order valence-corrected chi connectivity index (χ0v) is 16.3. The molecule has 0 aromatic heterocycles. The van der Waals surface area contributed by atoms with Crippen molar-refractivity contribution in [2.24, 2.45) is 11.3 Å². The Morgan fingerprint density at radius 3 is 2.37 bits per heavy atom. The monoisotopic (exact) mass is 420 g/mol. The number of nitrogens with zero attached hydrogens (tertiary/aromatic N) is 2. The van der Waals surface area contributed by atoms with Crippen molar-refractivity contribution in [3.63, 3.8) is 0 Å². The zero-order valence-electron chi connectivity index (χ0n) is 16.3. The lowest BCUT2D eigenvalue weighted by Gasteiger charge is -2.27. The lowest BCUT2D eigenvalue weighted by molar-refractivity contribution is -0.274. The molecule has 0 aliphatic carbocycles. The van der Waals surface area contributed by atoms with E-state index in [4.69, 9.17) is 0 Å². The molecule has 2 saturated heterocycles. The van der Waals surface area contributed by atoms with Crippen molar-refractivity contribution in [1.82, 2.24) is 9.80 Å². The minimum Gasteiger partial charge on any atom is -0.406 e. The van der Waals surface area contributed by atoms with E-state index in [-0.39, 0.29) is 29.6 Å². The van der Waals surface area contributed by atoms with E-state index in [0.29, 0.717) is 31.7 Å². The van der Waals surface area contributed by atoms with Crippen LogP contribution in [0.25, 0.3) is 0 Å². The predicted octanol–water partition coefficient (Wildman–Crippen LogP) is 3.15. The van der Waals surface area contributed by atoms with E-state index in [1.54, 1.807) is 24.3 Å². The van der Waals surface area contributed by atoms with E-state index in [9.17, 15) is 23.1 Å². The summed E-state index contributed by atoms with van der Waals surface area (Å²) in [6, 6.07) is 15.0. The summed E-state index contributed by atoms with van der Waals surface area (Å²) in [4.78, 5) is 16.8. The number of rotatable bonds is 5. The molecule has 0 spiro atoms. The average molecular weight is 420 g/mol. The molecule has 1 N–H and O–H groups in total. The Morgan fingerprint density at radius 1 is 1.07 bits per heavy atom. The second-order valence-corrected chi connectivity index (χ2v) is 8.13. The first-order valence-corrected chi connectivity index (χ1v) is 9.80. The molecular weight excluding hydrogens is 397 g/mol. The van der Waals surface area contributed by atoms with E-state index in [2.05, 4.69) is 9.64 Å². The van der Waals surface area contributed by atoms with Gasteiger partial charge in [-0.05, 0) is 35.7 Å². The Morgan fingerprint density at radius 2 is 1.77 bits per heavy atom. The van der Waals surface area contributed by atoms with Gasteiger partial charge >= 0.3 is 6.36 Å². The van der Waals surface area contributed by atoms with Crippen LogP contribution < -0.4 is 4.74 Å². The van der Waals surface area contributed by atoms with Gasteiger partial charge in [0.25, 0.3) is 5.91 Å². The van der Waals surface area contributed by atoms with Gasteiger partial charge in [0.15, 0.2) is 0 Å². The first kappa shape index (κ1) is 20.7. The largest absolute Gasteiger partial charge is 0.573 e. The maximum atomic E-state index is 12.8. The lowest BCUT2D eigenvalue weighted by atomic mass is 9.82. The van der Waals surface area contributed by atoms with Crippen LogP contribution in [0.3, 0.4) is 0 Å². The number of carbonyl (C=O) groups is 1. The number of carbonyl (C=O) groups excluding carboxylic acids is 1. The number of ether oxygens (including phenoxy) is 1. The highest BCUT2D eigenvalue weighted by molar-refractivity contribution is 5.94. The van der Waals surface area contributed by atoms with Crippen LogP contribution in [0.4, 0.5) is 13.2 Å². The minimum atomic E-state index is -4.70.